The molecule has 2 aliphatic rings. The van der Waals surface area contributed by atoms with Crippen LogP contribution in [0.5, 0.6) is 0 Å². The lowest BCUT2D eigenvalue weighted by Gasteiger charge is -2.39. The largest absolute Gasteiger partial charge is 0.345 e. The molecule has 0 radical (unpaired) electrons. The van der Waals surface area contributed by atoms with E-state index in [1.807, 2.05) is 36.1 Å². The second kappa shape index (κ2) is 5.50. The molecule has 126 valence electrons. The van der Waals surface area contributed by atoms with Crippen molar-refractivity contribution in [3.8, 4) is 0 Å². The minimum atomic E-state index is -0.281. The minimum absolute atomic E-state index is 0.116. The molecule has 0 spiro atoms. The van der Waals surface area contributed by atoms with Gasteiger partial charge in [0.2, 0.25) is 5.91 Å². The van der Waals surface area contributed by atoms with Gasteiger partial charge in [-0.3, -0.25) is 9.48 Å². The molecule has 4 heteroatoms. The van der Waals surface area contributed by atoms with Gasteiger partial charge in [-0.25, -0.2) is 0 Å². The zero-order chi connectivity index (χ0) is 16.8. The molecule has 0 aliphatic heterocycles. The number of carbonyl (C=O) groups excluding carboxylic acids is 1. The van der Waals surface area contributed by atoms with Crippen molar-refractivity contribution in [2.24, 2.45) is 23.8 Å². The normalized spacial score (nSPS) is 28.3. The number of nitrogens with zero attached hydrogens (tertiary/aromatic N) is 3. The fraction of sp³-hybridized carbons (Fsp3) is 0.684. The smallest absolute Gasteiger partial charge is 0.232 e. The lowest BCUT2D eigenvalue weighted by molar-refractivity contribution is -0.138. The third-order valence-corrected chi connectivity index (χ3v) is 6.36. The Morgan fingerprint density at radius 3 is 2.83 bits per heavy atom. The van der Waals surface area contributed by atoms with Gasteiger partial charge in [0.05, 0.1) is 11.6 Å². The van der Waals surface area contributed by atoms with Crippen molar-refractivity contribution in [3.05, 3.63) is 30.1 Å². The first-order chi connectivity index (χ1) is 10.8. The third-order valence-electron chi connectivity index (χ3n) is 6.36. The summed E-state index contributed by atoms with van der Waals surface area (Å²) in [6, 6.07) is 0. The highest BCUT2D eigenvalue weighted by atomic mass is 16.2. The molecule has 0 saturated heterocycles. The summed E-state index contributed by atoms with van der Waals surface area (Å²) in [7, 11) is 3.88. The number of fused-ring (bicyclic) bond motifs is 2. The lowest BCUT2D eigenvalue weighted by Crippen LogP contribution is -2.43. The number of amides is 1. The van der Waals surface area contributed by atoms with Crippen molar-refractivity contribution in [2.75, 3.05) is 13.6 Å². The summed E-state index contributed by atoms with van der Waals surface area (Å²) in [4.78, 5) is 15.1. The molecule has 1 aromatic heterocycles. The molecule has 0 unspecified atom stereocenters. The SMILES string of the molecule is C=C1C(C)(C)[C@H]2CC[C@]1(C(=O)N(C)CCCc1cnn(C)c1)C2. The van der Waals surface area contributed by atoms with Crippen LogP contribution in [0.1, 0.15) is 45.1 Å². The van der Waals surface area contributed by atoms with E-state index >= 15 is 0 Å². The van der Waals surface area contributed by atoms with Crippen molar-refractivity contribution in [3.63, 3.8) is 0 Å². The molecule has 0 aromatic carbocycles. The van der Waals surface area contributed by atoms with Crippen LogP contribution in [0, 0.1) is 16.7 Å². The van der Waals surface area contributed by atoms with E-state index in [-0.39, 0.29) is 10.8 Å². The quantitative estimate of drug-likeness (QED) is 0.783. The average molecular weight is 315 g/mol. The van der Waals surface area contributed by atoms with Crippen LogP contribution in [0.25, 0.3) is 0 Å². The molecule has 2 saturated carbocycles. The number of aromatic nitrogens is 2. The number of hydrogen-bond donors (Lipinski definition) is 0. The van der Waals surface area contributed by atoms with Gasteiger partial charge in [-0.05, 0) is 49.0 Å². The zero-order valence-electron chi connectivity index (χ0n) is 14.9. The van der Waals surface area contributed by atoms with Crippen LogP contribution in [-0.4, -0.2) is 34.2 Å². The summed E-state index contributed by atoms with van der Waals surface area (Å²) >= 11 is 0. The van der Waals surface area contributed by atoms with Crippen molar-refractivity contribution in [2.45, 2.75) is 46.0 Å². The maximum absolute atomic E-state index is 13.1. The summed E-state index contributed by atoms with van der Waals surface area (Å²) in [6.45, 7) is 9.66. The standard InChI is InChI=1S/C19H29N3O/c1-14-18(2,3)16-8-9-19(14,11-16)17(23)21(4)10-6-7-15-12-20-22(5)13-15/h12-13,16H,1,6-11H2,2-5H3/t16-,19-/m0/s1. The molecule has 2 fully saturated rings. The van der Waals surface area contributed by atoms with E-state index in [1.165, 1.54) is 17.6 Å². The Morgan fingerprint density at radius 1 is 1.52 bits per heavy atom. The Labute approximate surface area is 139 Å². The van der Waals surface area contributed by atoms with Gasteiger partial charge in [-0.1, -0.05) is 26.0 Å². The molecular weight excluding hydrogens is 286 g/mol. The monoisotopic (exact) mass is 315 g/mol. The topological polar surface area (TPSA) is 38.1 Å². The van der Waals surface area contributed by atoms with Gasteiger partial charge < -0.3 is 4.90 Å². The fourth-order valence-electron chi connectivity index (χ4n) is 4.71. The Morgan fingerprint density at radius 2 is 2.26 bits per heavy atom. The zero-order valence-corrected chi connectivity index (χ0v) is 14.9. The van der Waals surface area contributed by atoms with E-state index in [4.69, 9.17) is 0 Å². The van der Waals surface area contributed by atoms with Crippen LogP contribution in [-0.2, 0) is 18.3 Å². The van der Waals surface area contributed by atoms with Crippen molar-refractivity contribution in [1.29, 1.82) is 0 Å². The highest BCUT2D eigenvalue weighted by Crippen LogP contribution is 2.65. The number of carbonyl (C=O) groups is 1. The first-order valence-electron chi connectivity index (χ1n) is 8.70. The van der Waals surface area contributed by atoms with Gasteiger partial charge in [0.25, 0.3) is 0 Å². The first-order valence-corrected chi connectivity index (χ1v) is 8.70. The van der Waals surface area contributed by atoms with Gasteiger partial charge in [0.1, 0.15) is 0 Å². The molecule has 0 N–H and O–H groups in total. The van der Waals surface area contributed by atoms with Crippen molar-refractivity contribution >= 4 is 5.91 Å². The van der Waals surface area contributed by atoms with Crippen LogP contribution in [0.15, 0.2) is 24.5 Å². The van der Waals surface area contributed by atoms with E-state index in [0.29, 0.717) is 11.8 Å². The molecular formula is C19H29N3O. The highest BCUT2D eigenvalue weighted by molar-refractivity contribution is 5.87. The Bertz CT molecular complexity index is 630. The molecule has 1 aromatic rings. The summed E-state index contributed by atoms with van der Waals surface area (Å²) in [6.07, 6.45) is 9.06. The summed E-state index contributed by atoms with van der Waals surface area (Å²) < 4.78 is 1.83. The lowest BCUT2D eigenvalue weighted by atomic mass is 9.68. The Hall–Kier alpha value is -1.58. The molecule has 2 bridgehead atoms. The van der Waals surface area contributed by atoms with Gasteiger partial charge in [-0.15, -0.1) is 0 Å². The fourth-order valence-corrected chi connectivity index (χ4v) is 4.71. The van der Waals surface area contributed by atoms with Crippen LogP contribution in [0.4, 0.5) is 0 Å². The van der Waals surface area contributed by atoms with Crippen LogP contribution in [0.3, 0.4) is 0 Å². The van der Waals surface area contributed by atoms with E-state index in [2.05, 4.69) is 25.5 Å². The highest BCUT2D eigenvalue weighted by Gasteiger charge is 2.61. The molecule has 2 atom stereocenters. The minimum Gasteiger partial charge on any atom is -0.345 e. The van der Waals surface area contributed by atoms with Gasteiger partial charge in [-0.2, -0.15) is 5.10 Å². The van der Waals surface area contributed by atoms with Gasteiger partial charge in [0.15, 0.2) is 0 Å². The average Bonchev–Trinajstić information content (AvgIpc) is 3.16. The van der Waals surface area contributed by atoms with E-state index in [1.54, 1.807) is 0 Å². The Balaban J connectivity index is 1.60. The van der Waals surface area contributed by atoms with E-state index in [9.17, 15) is 4.79 Å². The second-order valence-corrected chi connectivity index (χ2v) is 8.07. The molecule has 4 nitrogen and oxygen atoms in total. The summed E-state index contributed by atoms with van der Waals surface area (Å²) in [5.74, 6) is 0.921. The molecule has 1 heterocycles. The van der Waals surface area contributed by atoms with Crippen molar-refractivity contribution < 1.29 is 4.79 Å². The number of aryl methyl sites for hydroxylation is 2. The van der Waals surface area contributed by atoms with Crippen LogP contribution in [0.2, 0.25) is 0 Å². The van der Waals surface area contributed by atoms with Crippen LogP contribution < -0.4 is 0 Å². The first kappa shape index (κ1) is 16.3. The predicted molar refractivity (Wildman–Crippen MR) is 91.9 cm³/mol. The third kappa shape index (κ3) is 2.52. The number of hydrogen-bond acceptors (Lipinski definition) is 2. The Kier molecular flexibility index (Phi) is 3.89. The summed E-state index contributed by atoms with van der Waals surface area (Å²) in [5, 5.41) is 4.19. The summed E-state index contributed by atoms with van der Waals surface area (Å²) in [5.41, 5.74) is 2.24. The van der Waals surface area contributed by atoms with Gasteiger partial charge in [0, 0.05) is 26.8 Å². The maximum Gasteiger partial charge on any atom is 0.232 e. The number of rotatable bonds is 5. The molecule has 3 rings (SSSR count). The van der Waals surface area contributed by atoms with Crippen molar-refractivity contribution in [1.82, 2.24) is 14.7 Å². The molecule has 2 aliphatic carbocycles. The molecule has 1 amide bonds. The molecule has 23 heavy (non-hydrogen) atoms. The maximum atomic E-state index is 13.1. The van der Waals surface area contributed by atoms with E-state index < -0.39 is 0 Å². The van der Waals surface area contributed by atoms with E-state index in [0.717, 1.165) is 32.2 Å². The predicted octanol–water partition coefficient (Wildman–Crippen LogP) is 3.19. The second-order valence-electron chi connectivity index (χ2n) is 8.07. The van der Waals surface area contributed by atoms with Gasteiger partial charge >= 0.3 is 0 Å². The van der Waals surface area contributed by atoms with Crippen LogP contribution >= 0.6 is 0 Å².